The Morgan fingerprint density at radius 2 is 1.96 bits per heavy atom. The van der Waals surface area contributed by atoms with E-state index in [0.717, 1.165) is 59.2 Å². The smallest absolute Gasteiger partial charge is 0.254 e. The SMILES string of the molecule is O=C(CCCSc1nc2c(c(=O)[nH]1)CCCC2)Cc1ccc(Br)cc1. The maximum absolute atomic E-state index is 12.1. The number of aryl methyl sites for hydroxylation is 1. The summed E-state index contributed by atoms with van der Waals surface area (Å²) < 4.78 is 1.02. The molecule has 0 unspecified atom stereocenters. The molecule has 1 heterocycles. The van der Waals surface area contributed by atoms with E-state index in [1.807, 2.05) is 24.3 Å². The Bertz CT molecular complexity index is 802. The number of benzene rings is 1. The maximum Gasteiger partial charge on any atom is 0.254 e. The number of thioether (sulfide) groups is 1. The molecule has 0 bridgehead atoms. The van der Waals surface area contributed by atoms with Crippen molar-refractivity contribution < 1.29 is 4.79 Å². The summed E-state index contributed by atoms with van der Waals surface area (Å²) in [5, 5.41) is 0.686. The predicted molar refractivity (Wildman–Crippen MR) is 104 cm³/mol. The zero-order valence-electron chi connectivity index (χ0n) is 14.0. The number of fused-ring (bicyclic) bond motifs is 1. The van der Waals surface area contributed by atoms with Crippen molar-refractivity contribution in [2.24, 2.45) is 0 Å². The average molecular weight is 421 g/mol. The Hall–Kier alpha value is -1.40. The van der Waals surface area contributed by atoms with Gasteiger partial charge in [-0.15, -0.1) is 0 Å². The van der Waals surface area contributed by atoms with Gasteiger partial charge in [-0.05, 0) is 49.8 Å². The predicted octanol–water partition coefficient (Wildman–Crippen LogP) is 4.10. The third-order valence-corrected chi connectivity index (χ3v) is 5.81. The van der Waals surface area contributed by atoms with Gasteiger partial charge in [-0.25, -0.2) is 4.98 Å². The van der Waals surface area contributed by atoms with Crippen LogP contribution in [0.4, 0.5) is 0 Å². The highest BCUT2D eigenvalue weighted by atomic mass is 79.9. The third-order valence-electron chi connectivity index (χ3n) is 4.32. The first-order valence-corrected chi connectivity index (χ1v) is 10.4. The lowest BCUT2D eigenvalue weighted by atomic mass is 9.97. The van der Waals surface area contributed by atoms with Gasteiger partial charge in [0.25, 0.3) is 5.56 Å². The fourth-order valence-electron chi connectivity index (χ4n) is 3.01. The normalized spacial score (nSPS) is 13.5. The molecular weight excluding hydrogens is 400 g/mol. The van der Waals surface area contributed by atoms with Crippen LogP contribution in [0, 0.1) is 0 Å². The molecule has 0 saturated heterocycles. The summed E-state index contributed by atoms with van der Waals surface area (Å²) in [4.78, 5) is 31.6. The number of carbonyl (C=O) groups excluding carboxylic acids is 1. The molecule has 3 rings (SSSR count). The second-order valence-electron chi connectivity index (χ2n) is 6.30. The van der Waals surface area contributed by atoms with Gasteiger partial charge in [-0.3, -0.25) is 9.59 Å². The third kappa shape index (κ3) is 5.28. The van der Waals surface area contributed by atoms with E-state index in [4.69, 9.17) is 0 Å². The Labute approximate surface area is 160 Å². The summed E-state index contributed by atoms with van der Waals surface area (Å²) in [5.41, 5.74) is 2.88. The van der Waals surface area contributed by atoms with E-state index in [1.54, 1.807) is 0 Å². The summed E-state index contributed by atoms with van der Waals surface area (Å²) in [5.74, 6) is 1.03. The van der Waals surface area contributed by atoms with Crippen LogP contribution in [-0.4, -0.2) is 21.5 Å². The lowest BCUT2D eigenvalue weighted by molar-refractivity contribution is -0.118. The molecule has 0 atom stereocenters. The van der Waals surface area contributed by atoms with Crippen LogP contribution < -0.4 is 5.56 Å². The number of nitrogens with zero attached hydrogens (tertiary/aromatic N) is 1. The number of ketones is 1. The molecule has 4 nitrogen and oxygen atoms in total. The topological polar surface area (TPSA) is 62.8 Å². The summed E-state index contributed by atoms with van der Waals surface area (Å²) in [6.07, 6.45) is 5.75. The molecule has 1 aromatic carbocycles. The van der Waals surface area contributed by atoms with Crippen LogP contribution in [0.15, 0.2) is 38.7 Å². The number of hydrogen-bond donors (Lipinski definition) is 1. The largest absolute Gasteiger partial charge is 0.301 e. The van der Waals surface area contributed by atoms with Crippen molar-refractivity contribution in [2.45, 2.75) is 50.1 Å². The fraction of sp³-hybridized carbons (Fsp3) is 0.421. The molecule has 0 amide bonds. The molecule has 0 saturated carbocycles. The zero-order chi connectivity index (χ0) is 17.6. The first kappa shape index (κ1) is 18.4. The Balaban J connectivity index is 1.45. The summed E-state index contributed by atoms with van der Waals surface area (Å²) in [6, 6.07) is 7.85. The molecule has 0 fully saturated rings. The van der Waals surface area contributed by atoms with Gasteiger partial charge in [-0.2, -0.15) is 0 Å². The van der Waals surface area contributed by atoms with Gasteiger partial charge in [0, 0.05) is 28.6 Å². The van der Waals surface area contributed by atoms with Crippen LogP contribution in [0.5, 0.6) is 0 Å². The van der Waals surface area contributed by atoms with E-state index in [-0.39, 0.29) is 11.3 Å². The van der Waals surface area contributed by atoms with Crippen molar-refractivity contribution in [1.29, 1.82) is 0 Å². The highest BCUT2D eigenvalue weighted by molar-refractivity contribution is 9.10. The Morgan fingerprint density at radius 1 is 1.20 bits per heavy atom. The van der Waals surface area contributed by atoms with E-state index in [9.17, 15) is 9.59 Å². The minimum Gasteiger partial charge on any atom is -0.301 e. The van der Waals surface area contributed by atoms with E-state index >= 15 is 0 Å². The monoisotopic (exact) mass is 420 g/mol. The number of rotatable bonds is 7. The van der Waals surface area contributed by atoms with E-state index in [1.165, 1.54) is 11.8 Å². The first-order chi connectivity index (χ1) is 12.1. The molecule has 132 valence electrons. The molecule has 25 heavy (non-hydrogen) atoms. The van der Waals surface area contributed by atoms with Crippen molar-refractivity contribution in [3.63, 3.8) is 0 Å². The molecule has 6 heteroatoms. The number of Topliss-reactive ketones (excluding diaryl/α,β-unsaturated/α-hetero) is 1. The molecular formula is C19H21BrN2O2S. The Morgan fingerprint density at radius 3 is 2.76 bits per heavy atom. The minimum atomic E-state index is 0.0125. The summed E-state index contributed by atoms with van der Waals surface area (Å²) in [7, 11) is 0. The van der Waals surface area contributed by atoms with Crippen molar-refractivity contribution in [3.05, 3.63) is 55.9 Å². The van der Waals surface area contributed by atoms with Crippen LogP contribution in [0.3, 0.4) is 0 Å². The molecule has 1 aliphatic carbocycles. The minimum absolute atomic E-state index is 0.0125. The highest BCUT2D eigenvalue weighted by Crippen LogP contribution is 2.20. The van der Waals surface area contributed by atoms with E-state index in [0.29, 0.717) is 18.0 Å². The number of hydrogen-bond acceptors (Lipinski definition) is 4. The number of carbonyl (C=O) groups is 1. The standard InChI is InChI=1S/C19H21BrN2O2S/c20-14-9-7-13(8-10-14)12-15(23)4-3-11-25-19-21-17-6-2-1-5-16(17)18(24)22-19/h7-10H,1-6,11-12H2,(H,21,22,24). The van der Waals surface area contributed by atoms with Crippen LogP contribution in [0.1, 0.15) is 42.5 Å². The van der Waals surface area contributed by atoms with Crippen molar-refractivity contribution in [2.75, 3.05) is 5.75 Å². The van der Waals surface area contributed by atoms with Gasteiger partial charge in [-0.1, -0.05) is 39.8 Å². The van der Waals surface area contributed by atoms with E-state index in [2.05, 4.69) is 25.9 Å². The lowest BCUT2D eigenvalue weighted by Gasteiger charge is -2.14. The number of nitrogens with one attached hydrogen (secondary N) is 1. The van der Waals surface area contributed by atoms with Gasteiger partial charge in [0.2, 0.25) is 0 Å². The van der Waals surface area contributed by atoms with Gasteiger partial charge in [0.15, 0.2) is 5.16 Å². The van der Waals surface area contributed by atoms with Gasteiger partial charge in [0.1, 0.15) is 5.78 Å². The van der Waals surface area contributed by atoms with Crippen LogP contribution in [0.25, 0.3) is 0 Å². The molecule has 2 aromatic rings. The summed E-state index contributed by atoms with van der Waals surface area (Å²) in [6.45, 7) is 0. The van der Waals surface area contributed by atoms with Crippen LogP contribution in [0.2, 0.25) is 0 Å². The van der Waals surface area contributed by atoms with Crippen LogP contribution >= 0.6 is 27.7 Å². The van der Waals surface area contributed by atoms with Crippen molar-refractivity contribution in [3.8, 4) is 0 Å². The fourth-order valence-corrected chi connectivity index (χ4v) is 4.09. The molecule has 0 aliphatic heterocycles. The second-order valence-corrected chi connectivity index (χ2v) is 8.30. The number of halogens is 1. The number of aromatic nitrogens is 2. The summed E-state index contributed by atoms with van der Waals surface area (Å²) >= 11 is 4.93. The lowest BCUT2D eigenvalue weighted by Crippen LogP contribution is -2.21. The second kappa shape index (κ2) is 8.81. The number of aromatic amines is 1. The Kier molecular flexibility index (Phi) is 6.48. The van der Waals surface area contributed by atoms with Crippen molar-refractivity contribution >= 4 is 33.5 Å². The molecule has 1 aliphatic rings. The van der Waals surface area contributed by atoms with Crippen molar-refractivity contribution in [1.82, 2.24) is 9.97 Å². The van der Waals surface area contributed by atoms with E-state index < -0.39 is 0 Å². The van der Waals surface area contributed by atoms with Gasteiger partial charge >= 0.3 is 0 Å². The molecule has 0 radical (unpaired) electrons. The molecule has 0 spiro atoms. The first-order valence-electron chi connectivity index (χ1n) is 8.63. The van der Waals surface area contributed by atoms with Gasteiger partial charge < -0.3 is 4.98 Å². The highest BCUT2D eigenvalue weighted by Gasteiger charge is 2.15. The number of H-pyrrole nitrogens is 1. The maximum atomic E-state index is 12.1. The zero-order valence-corrected chi connectivity index (χ0v) is 16.4. The molecule has 1 N–H and O–H groups in total. The average Bonchev–Trinajstić information content (AvgIpc) is 2.61. The quantitative estimate of drug-likeness (QED) is 0.416. The van der Waals surface area contributed by atoms with Gasteiger partial charge in [0.05, 0.1) is 5.69 Å². The van der Waals surface area contributed by atoms with Crippen LogP contribution in [-0.2, 0) is 24.1 Å². The molecule has 1 aromatic heterocycles.